The van der Waals surface area contributed by atoms with Crippen LogP contribution in [0.1, 0.15) is 36.8 Å². The molecule has 0 amide bonds. The van der Waals surface area contributed by atoms with E-state index in [9.17, 15) is 30.4 Å². The fourth-order valence-electron chi connectivity index (χ4n) is 3.36. The molecule has 0 bridgehead atoms. The molecule has 1 aliphatic rings. The summed E-state index contributed by atoms with van der Waals surface area (Å²) in [5.74, 6) is -0.551. The van der Waals surface area contributed by atoms with Crippen molar-refractivity contribution in [3.63, 3.8) is 0 Å². The lowest BCUT2D eigenvalue weighted by Crippen LogP contribution is -2.27. The van der Waals surface area contributed by atoms with Crippen LogP contribution >= 0.6 is 0 Å². The van der Waals surface area contributed by atoms with Crippen LogP contribution in [0.5, 0.6) is 11.5 Å². The summed E-state index contributed by atoms with van der Waals surface area (Å²) in [7, 11) is 0. The summed E-state index contributed by atoms with van der Waals surface area (Å²) < 4.78 is 0. The van der Waals surface area contributed by atoms with Gasteiger partial charge in [-0.05, 0) is 25.0 Å². The van der Waals surface area contributed by atoms with Crippen molar-refractivity contribution in [2.45, 2.75) is 37.8 Å². The fraction of sp³-hybridized carbons (Fsp3) is 0.300. The molecular formula is C20H20N4O6. The lowest BCUT2D eigenvalue weighted by molar-refractivity contribution is -0.394. The summed E-state index contributed by atoms with van der Waals surface area (Å²) >= 11 is 0. The van der Waals surface area contributed by atoms with Crippen molar-refractivity contribution >= 4 is 23.8 Å². The Morgan fingerprint density at radius 3 is 2.07 bits per heavy atom. The van der Waals surface area contributed by atoms with Gasteiger partial charge in [0.2, 0.25) is 5.75 Å². The van der Waals surface area contributed by atoms with Gasteiger partial charge in [0.1, 0.15) is 5.75 Å². The van der Waals surface area contributed by atoms with E-state index in [4.69, 9.17) is 0 Å². The lowest BCUT2D eigenvalue weighted by atomic mass is 9.91. The minimum absolute atomic E-state index is 0.0927. The van der Waals surface area contributed by atoms with Gasteiger partial charge in [-0.25, -0.2) is 0 Å². The molecule has 0 unspecified atom stereocenters. The zero-order valence-corrected chi connectivity index (χ0v) is 15.9. The Kier molecular flexibility index (Phi) is 6.35. The van der Waals surface area contributed by atoms with Crippen molar-refractivity contribution < 1.29 is 20.1 Å². The molecule has 10 heteroatoms. The molecule has 0 saturated heterocycles. The van der Waals surface area contributed by atoms with Crippen LogP contribution in [0.2, 0.25) is 0 Å². The topological polar surface area (TPSA) is 151 Å². The van der Waals surface area contributed by atoms with Gasteiger partial charge in [0.05, 0.1) is 28.0 Å². The van der Waals surface area contributed by atoms with Gasteiger partial charge < -0.3 is 10.2 Å². The molecule has 10 nitrogen and oxygen atoms in total. The molecule has 1 fully saturated rings. The minimum atomic E-state index is -0.875. The van der Waals surface area contributed by atoms with Crippen LogP contribution in [-0.4, -0.2) is 44.6 Å². The standard InChI is InChI=1S/C20H20N4O6/c25-19-8-4-1-5-13(19)11-21-16-6-2-3-7-17(16)22-12-14-9-15(23(27)28)10-18(20(14)26)24(29)30/h1,4-5,8-12,16-17,25-26H,2-3,6-7H2/t16-,17-/m1/s1. The molecule has 0 spiro atoms. The first kappa shape index (κ1) is 20.9. The number of para-hydroxylation sites is 1. The Hall–Kier alpha value is -3.82. The molecule has 2 N–H and O–H groups in total. The zero-order chi connectivity index (χ0) is 21.7. The van der Waals surface area contributed by atoms with E-state index in [-0.39, 0.29) is 23.4 Å². The van der Waals surface area contributed by atoms with Crippen LogP contribution in [0, 0.1) is 20.2 Å². The van der Waals surface area contributed by atoms with Gasteiger partial charge in [0.25, 0.3) is 5.69 Å². The van der Waals surface area contributed by atoms with Gasteiger partial charge in [0.15, 0.2) is 0 Å². The molecule has 1 saturated carbocycles. The minimum Gasteiger partial charge on any atom is -0.507 e. The van der Waals surface area contributed by atoms with Crippen molar-refractivity contribution in [1.29, 1.82) is 0 Å². The van der Waals surface area contributed by atoms with E-state index in [1.807, 2.05) is 0 Å². The molecule has 0 aliphatic heterocycles. The van der Waals surface area contributed by atoms with Gasteiger partial charge in [-0.15, -0.1) is 0 Å². The average molecular weight is 412 g/mol. The summed E-state index contributed by atoms with van der Waals surface area (Å²) in [6.07, 6.45) is 6.19. The Bertz CT molecular complexity index is 1020. The molecule has 0 heterocycles. The van der Waals surface area contributed by atoms with Gasteiger partial charge in [0, 0.05) is 29.6 Å². The third-order valence-corrected chi connectivity index (χ3v) is 4.95. The predicted molar refractivity (Wildman–Crippen MR) is 111 cm³/mol. The van der Waals surface area contributed by atoms with Crippen molar-refractivity contribution in [2.24, 2.45) is 9.98 Å². The van der Waals surface area contributed by atoms with Crippen molar-refractivity contribution in [3.8, 4) is 11.5 Å². The number of hydrogen-bond donors (Lipinski definition) is 2. The Balaban J connectivity index is 1.87. The molecular weight excluding hydrogens is 392 g/mol. The van der Waals surface area contributed by atoms with E-state index in [1.54, 1.807) is 30.5 Å². The van der Waals surface area contributed by atoms with Crippen LogP contribution < -0.4 is 0 Å². The molecule has 2 aromatic carbocycles. The molecule has 1 aliphatic carbocycles. The quantitative estimate of drug-likeness (QED) is 0.419. The smallest absolute Gasteiger partial charge is 0.318 e. The van der Waals surface area contributed by atoms with Crippen molar-refractivity contribution in [3.05, 3.63) is 67.8 Å². The molecule has 0 radical (unpaired) electrons. The molecule has 2 atom stereocenters. The number of aromatic hydroxyl groups is 2. The molecule has 156 valence electrons. The Labute approximate surface area is 171 Å². The summed E-state index contributed by atoms with van der Waals surface area (Å²) in [5.41, 5.74) is -0.759. The average Bonchev–Trinajstić information content (AvgIpc) is 2.72. The van der Waals surface area contributed by atoms with Crippen LogP contribution in [0.25, 0.3) is 0 Å². The highest BCUT2D eigenvalue weighted by Crippen LogP contribution is 2.34. The first-order chi connectivity index (χ1) is 14.4. The van der Waals surface area contributed by atoms with Gasteiger partial charge in [-0.3, -0.25) is 30.2 Å². The molecule has 0 aromatic heterocycles. The second-order valence-corrected chi connectivity index (χ2v) is 6.95. The highest BCUT2D eigenvalue weighted by Gasteiger charge is 2.25. The van der Waals surface area contributed by atoms with E-state index < -0.39 is 27.0 Å². The number of nitro benzene ring substituents is 2. The lowest BCUT2D eigenvalue weighted by Gasteiger charge is -2.25. The molecule has 2 aromatic rings. The largest absolute Gasteiger partial charge is 0.507 e. The number of nitro groups is 2. The normalized spacial score (nSPS) is 19.3. The van der Waals surface area contributed by atoms with Gasteiger partial charge in [-0.1, -0.05) is 25.0 Å². The first-order valence-electron chi connectivity index (χ1n) is 9.37. The number of aliphatic imine (C=N–C) groups is 2. The SMILES string of the molecule is O=[N+]([O-])c1cc(C=N[C@@H]2CCCC[C@H]2N=Cc2ccccc2O)c(O)c([N+](=O)[O-])c1. The number of non-ortho nitro benzene ring substituents is 1. The van der Waals surface area contributed by atoms with E-state index in [0.29, 0.717) is 11.6 Å². The Morgan fingerprint density at radius 1 is 0.900 bits per heavy atom. The summed E-state index contributed by atoms with van der Waals surface area (Å²) in [6.45, 7) is 0. The maximum atomic E-state index is 11.1. The monoisotopic (exact) mass is 412 g/mol. The summed E-state index contributed by atoms with van der Waals surface area (Å²) in [5, 5.41) is 42.2. The van der Waals surface area contributed by atoms with E-state index in [2.05, 4.69) is 9.98 Å². The van der Waals surface area contributed by atoms with Crippen LogP contribution in [0.15, 0.2) is 46.4 Å². The van der Waals surface area contributed by atoms with Crippen LogP contribution in [0.3, 0.4) is 0 Å². The van der Waals surface area contributed by atoms with E-state index >= 15 is 0 Å². The van der Waals surface area contributed by atoms with Crippen LogP contribution in [-0.2, 0) is 0 Å². The third-order valence-electron chi connectivity index (χ3n) is 4.95. The van der Waals surface area contributed by atoms with Gasteiger partial charge >= 0.3 is 5.69 Å². The first-order valence-corrected chi connectivity index (χ1v) is 9.37. The molecule has 3 rings (SSSR count). The van der Waals surface area contributed by atoms with Crippen molar-refractivity contribution in [2.75, 3.05) is 0 Å². The summed E-state index contributed by atoms with van der Waals surface area (Å²) in [6, 6.07) is 8.14. The maximum absolute atomic E-state index is 11.1. The fourth-order valence-corrected chi connectivity index (χ4v) is 3.36. The number of hydrogen-bond acceptors (Lipinski definition) is 8. The second kappa shape index (κ2) is 9.12. The third kappa shape index (κ3) is 4.77. The second-order valence-electron chi connectivity index (χ2n) is 6.95. The van der Waals surface area contributed by atoms with Gasteiger partial charge in [-0.2, -0.15) is 0 Å². The summed E-state index contributed by atoms with van der Waals surface area (Å²) in [4.78, 5) is 29.5. The highest BCUT2D eigenvalue weighted by molar-refractivity contribution is 5.87. The highest BCUT2D eigenvalue weighted by atomic mass is 16.6. The maximum Gasteiger partial charge on any atom is 0.318 e. The number of nitrogens with zero attached hydrogens (tertiary/aromatic N) is 4. The predicted octanol–water partition coefficient (Wildman–Crippen LogP) is 3.76. The number of phenolic OH excluding ortho intramolecular Hbond substituents is 2. The number of rotatable bonds is 6. The Morgan fingerprint density at radius 2 is 1.50 bits per heavy atom. The number of phenols is 2. The van der Waals surface area contributed by atoms with E-state index in [0.717, 1.165) is 31.7 Å². The molecule has 30 heavy (non-hydrogen) atoms. The van der Waals surface area contributed by atoms with Crippen LogP contribution in [0.4, 0.5) is 11.4 Å². The van der Waals surface area contributed by atoms with Crippen molar-refractivity contribution in [1.82, 2.24) is 0 Å². The van der Waals surface area contributed by atoms with E-state index in [1.165, 1.54) is 6.21 Å². The zero-order valence-electron chi connectivity index (χ0n) is 15.9. The number of benzene rings is 2.